The zero-order valence-corrected chi connectivity index (χ0v) is 14.1. The number of nitrogens with zero attached hydrogens (tertiary/aromatic N) is 1. The highest BCUT2D eigenvalue weighted by Gasteiger charge is 2.52. The summed E-state index contributed by atoms with van der Waals surface area (Å²) in [5, 5.41) is 10.4. The lowest BCUT2D eigenvalue weighted by atomic mass is 9.82. The monoisotopic (exact) mass is 313 g/mol. The Kier molecular flexibility index (Phi) is 5.62. The number of rotatable bonds is 5. The van der Waals surface area contributed by atoms with E-state index in [4.69, 9.17) is 9.57 Å². The number of carbonyl (C=O) groups excluding carboxylic acids is 1. The molecular formula is C16H27NO5. The molecule has 0 aromatic carbocycles. The first kappa shape index (κ1) is 18.5. The van der Waals surface area contributed by atoms with Crippen LogP contribution in [0.4, 0.5) is 4.79 Å². The third-order valence-electron chi connectivity index (χ3n) is 3.38. The second kappa shape index (κ2) is 6.69. The van der Waals surface area contributed by atoms with E-state index in [0.29, 0.717) is 12.8 Å². The molecule has 0 radical (unpaired) electrons. The fourth-order valence-corrected chi connectivity index (χ4v) is 2.82. The molecule has 6 nitrogen and oxygen atoms in total. The maximum Gasteiger partial charge on any atom is 0.435 e. The fourth-order valence-electron chi connectivity index (χ4n) is 2.82. The Morgan fingerprint density at radius 1 is 1.50 bits per heavy atom. The van der Waals surface area contributed by atoms with Crippen molar-refractivity contribution in [2.24, 2.45) is 5.92 Å². The molecule has 1 N–H and O–H groups in total. The van der Waals surface area contributed by atoms with Gasteiger partial charge in [-0.25, -0.2) is 9.59 Å². The summed E-state index contributed by atoms with van der Waals surface area (Å²) >= 11 is 0. The van der Waals surface area contributed by atoms with E-state index in [1.54, 1.807) is 26.8 Å². The average Bonchev–Trinajstić information content (AvgIpc) is 2.66. The SMILES string of the molecule is C=CC[C@@]1(CC(C)C)C[C@H](C(=O)O)ON1C(=O)OC(C)(C)C. The number of hydroxylamine groups is 2. The van der Waals surface area contributed by atoms with Crippen LogP contribution in [0.3, 0.4) is 0 Å². The van der Waals surface area contributed by atoms with Crippen LogP contribution in [0.15, 0.2) is 12.7 Å². The molecule has 0 saturated carbocycles. The number of aliphatic carboxylic acids is 1. The molecule has 126 valence electrons. The van der Waals surface area contributed by atoms with Crippen LogP contribution in [0.5, 0.6) is 0 Å². The number of hydrogen-bond acceptors (Lipinski definition) is 4. The van der Waals surface area contributed by atoms with Crippen LogP contribution in [0.25, 0.3) is 0 Å². The van der Waals surface area contributed by atoms with Gasteiger partial charge in [0.2, 0.25) is 0 Å². The molecular weight excluding hydrogens is 286 g/mol. The molecule has 0 spiro atoms. The second-order valence-corrected chi connectivity index (χ2v) is 7.23. The number of carboxylic acid groups (broad SMARTS) is 1. The molecule has 1 aliphatic rings. The summed E-state index contributed by atoms with van der Waals surface area (Å²) in [5.74, 6) is -0.815. The topological polar surface area (TPSA) is 76.1 Å². The van der Waals surface area contributed by atoms with Crippen molar-refractivity contribution in [3.8, 4) is 0 Å². The van der Waals surface area contributed by atoms with Crippen molar-refractivity contribution in [2.75, 3.05) is 0 Å². The first-order chi connectivity index (χ1) is 10.0. The Hall–Kier alpha value is -1.56. The average molecular weight is 313 g/mol. The predicted octanol–water partition coefficient (Wildman–Crippen LogP) is 3.37. The van der Waals surface area contributed by atoms with Gasteiger partial charge in [0.15, 0.2) is 6.10 Å². The number of carbonyl (C=O) groups is 2. The number of carboxylic acids is 1. The van der Waals surface area contributed by atoms with E-state index < -0.39 is 29.3 Å². The summed E-state index contributed by atoms with van der Waals surface area (Å²) in [6.45, 7) is 13.0. The van der Waals surface area contributed by atoms with Crippen molar-refractivity contribution in [3.63, 3.8) is 0 Å². The van der Waals surface area contributed by atoms with E-state index in [0.717, 1.165) is 5.06 Å². The quantitative estimate of drug-likeness (QED) is 0.787. The van der Waals surface area contributed by atoms with Crippen LogP contribution < -0.4 is 0 Å². The zero-order valence-electron chi connectivity index (χ0n) is 14.1. The van der Waals surface area contributed by atoms with E-state index in [1.807, 2.05) is 13.8 Å². The van der Waals surface area contributed by atoms with Crippen molar-refractivity contribution in [2.45, 2.75) is 71.1 Å². The third-order valence-corrected chi connectivity index (χ3v) is 3.38. The van der Waals surface area contributed by atoms with Gasteiger partial charge in [0.1, 0.15) is 5.60 Å². The molecule has 1 heterocycles. The van der Waals surface area contributed by atoms with Gasteiger partial charge < -0.3 is 9.84 Å². The van der Waals surface area contributed by atoms with Gasteiger partial charge >= 0.3 is 12.1 Å². The van der Waals surface area contributed by atoms with Crippen LogP contribution in [0.1, 0.15) is 53.9 Å². The molecule has 0 aromatic rings. The second-order valence-electron chi connectivity index (χ2n) is 7.23. The zero-order chi connectivity index (χ0) is 17.1. The van der Waals surface area contributed by atoms with E-state index in [2.05, 4.69) is 6.58 Å². The van der Waals surface area contributed by atoms with Crippen LogP contribution in [0.2, 0.25) is 0 Å². The fraction of sp³-hybridized carbons (Fsp3) is 0.750. The molecule has 6 heteroatoms. The lowest BCUT2D eigenvalue weighted by Gasteiger charge is -2.37. The standard InChI is InChI=1S/C16H27NO5/c1-7-8-16(9-11(2)3)10-12(13(18)19)22-17(16)14(20)21-15(4,5)6/h7,11-12H,1,8-10H2,2-6H3,(H,18,19)/t12-,16-/m1/s1. The predicted molar refractivity (Wildman–Crippen MR) is 82.2 cm³/mol. The molecule has 1 rings (SSSR count). The summed E-state index contributed by atoms with van der Waals surface area (Å²) in [4.78, 5) is 29.2. The molecule has 0 bridgehead atoms. The molecule has 1 fully saturated rings. The summed E-state index contributed by atoms with van der Waals surface area (Å²) in [6, 6.07) is 0. The molecule has 0 aromatic heterocycles. The van der Waals surface area contributed by atoms with Gasteiger partial charge in [-0.15, -0.1) is 6.58 Å². The van der Waals surface area contributed by atoms with E-state index in [9.17, 15) is 14.7 Å². The van der Waals surface area contributed by atoms with Gasteiger partial charge in [-0.3, -0.25) is 4.84 Å². The molecule has 0 unspecified atom stereocenters. The van der Waals surface area contributed by atoms with Crippen LogP contribution in [-0.4, -0.2) is 39.5 Å². The Morgan fingerprint density at radius 2 is 2.09 bits per heavy atom. The lowest BCUT2D eigenvalue weighted by molar-refractivity contribution is -0.188. The highest BCUT2D eigenvalue weighted by Crippen LogP contribution is 2.41. The van der Waals surface area contributed by atoms with Gasteiger partial charge in [-0.2, -0.15) is 5.06 Å². The summed E-state index contributed by atoms with van der Waals surface area (Å²) in [5.41, 5.74) is -1.42. The van der Waals surface area contributed by atoms with Crippen LogP contribution >= 0.6 is 0 Å². The van der Waals surface area contributed by atoms with Crippen molar-refractivity contribution >= 4 is 12.1 Å². The highest BCUT2D eigenvalue weighted by molar-refractivity contribution is 5.75. The van der Waals surface area contributed by atoms with E-state index in [1.165, 1.54) is 0 Å². The van der Waals surface area contributed by atoms with Gasteiger partial charge in [-0.1, -0.05) is 19.9 Å². The van der Waals surface area contributed by atoms with Gasteiger partial charge in [0.25, 0.3) is 0 Å². The Balaban J connectivity index is 3.12. The summed E-state index contributed by atoms with van der Waals surface area (Å²) in [6.07, 6.45) is 1.28. The first-order valence-corrected chi connectivity index (χ1v) is 7.54. The van der Waals surface area contributed by atoms with Gasteiger partial charge in [0, 0.05) is 6.42 Å². The molecule has 22 heavy (non-hydrogen) atoms. The molecule has 2 atom stereocenters. The van der Waals surface area contributed by atoms with Crippen molar-refractivity contribution < 1.29 is 24.3 Å². The molecule has 0 aliphatic carbocycles. The van der Waals surface area contributed by atoms with E-state index >= 15 is 0 Å². The third kappa shape index (κ3) is 4.47. The van der Waals surface area contributed by atoms with Crippen molar-refractivity contribution in [1.29, 1.82) is 0 Å². The van der Waals surface area contributed by atoms with Crippen molar-refractivity contribution in [3.05, 3.63) is 12.7 Å². The Bertz CT molecular complexity index is 440. The number of ether oxygens (including phenoxy) is 1. The van der Waals surface area contributed by atoms with Crippen molar-refractivity contribution in [1.82, 2.24) is 5.06 Å². The normalized spacial score (nSPS) is 25.4. The molecule has 1 amide bonds. The van der Waals surface area contributed by atoms with E-state index in [-0.39, 0.29) is 12.3 Å². The maximum absolute atomic E-state index is 12.5. The summed E-state index contributed by atoms with van der Waals surface area (Å²) in [7, 11) is 0. The minimum atomic E-state index is -1.08. The number of amides is 1. The maximum atomic E-state index is 12.5. The Labute approximate surface area is 132 Å². The number of hydrogen-bond donors (Lipinski definition) is 1. The molecule has 1 aliphatic heterocycles. The van der Waals surface area contributed by atoms with Crippen LogP contribution in [0, 0.1) is 5.92 Å². The van der Waals surface area contributed by atoms with Gasteiger partial charge in [0.05, 0.1) is 5.54 Å². The van der Waals surface area contributed by atoms with Gasteiger partial charge in [-0.05, 0) is 39.5 Å². The minimum absolute atomic E-state index is 0.228. The van der Waals surface area contributed by atoms with Crippen LogP contribution in [-0.2, 0) is 14.4 Å². The molecule has 1 saturated heterocycles. The summed E-state index contributed by atoms with van der Waals surface area (Å²) < 4.78 is 5.37. The Morgan fingerprint density at radius 3 is 2.50 bits per heavy atom. The highest BCUT2D eigenvalue weighted by atomic mass is 16.8. The largest absolute Gasteiger partial charge is 0.479 e. The smallest absolute Gasteiger partial charge is 0.435 e. The lowest BCUT2D eigenvalue weighted by Crippen LogP contribution is -2.49. The minimum Gasteiger partial charge on any atom is -0.479 e. The first-order valence-electron chi connectivity index (χ1n) is 7.54.